The lowest BCUT2D eigenvalue weighted by Crippen LogP contribution is -2.13. The van der Waals surface area contributed by atoms with Crippen LogP contribution in [0.5, 0.6) is 0 Å². The molecule has 0 atom stereocenters. The smallest absolute Gasteiger partial charge is 0.437 e. The number of halogens is 3. The van der Waals surface area contributed by atoms with Gasteiger partial charge in [-0.25, -0.2) is 4.79 Å². The highest BCUT2D eigenvalue weighted by molar-refractivity contribution is 5.90. The van der Waals surface area contributed by atoms with Gasteiger partial charge in [-0.1, -0.05) is 12.1 Å². The molecule has 0 bridgehead atoms. The second-order valence-electron chi connectivity index (χ2n) is 2.88. The number of carboxylic acid groups (broad SMARTS) is 1. The van der Waals surface area contributed by atoms with Crippen molar-refractivity contribution in [2.45, 2.75) is 25.9 Å². The average Bonchev–Trinajstić information content (AvgIpc) is 2.47. The number of carbonyl (C=O) groups is 1. The number of aryl methyl sites for hydroxylation is 1. The van der Waals surface area contributed by atoms with Gasteiger partial charge in [0.1, 0.15) is 5.56 Å². The molecule has 0 aromatic carbocycles. The van der Waals surface area contributed by atoms with Gasteiger partial charge in [0.2, 0.25) is 5.69 Å². The normalized spacial score (nSPS) is 11.7. The summed E-state index contributed by atoms with van der Waals surface area (Å²) in [6.45, 7) is 1.70. The lowest BCUT2D eigenvalue weighted by atomic mass is 10.1. The van der Waals surface area contributed by atoms with E-state index in [1.807, 2.05) is 0 Å². The Kier molecular flexibility index (Phi) is 3.01. The highest BCUT2D eigenvalue weighted by Crippen LogP contribution is 2.32. The van der Waals surface area contributed by atoms with Crippen LogP contribution in [-0.2, 0) is 12.6 Å². The van der Waals surface area contributed by atoms with Crippen LogP contribution >= 0.6 is 0 Å². The number of hydrogen-bond acceptors (Lipinski definition) is 3. The van der Waals surface area contributed by atoms with Gasteiger partial charge in [0.15, 0.2) is 5.76 Å². The highest BCUT2D eigenvalue weighted by Gasteiger charge is 2.41. The SMILES string of the molecule is CCCc1onc(C(F)(F)F)c1C(=O)O. The molecule has 0 aliphatic rings. The van der Waals surface area contributed by atoms with E-state index in [0.717, 1.165) is 0 Å². The van der Waals surface area contributed by atoms with E-state index < -0.39 is 23.4 Å². The van der Waals surface area contributed by atoms with E-state index in [9.17, 15) is 18.0 Å². The molecule has 1 aromatic rings. The van der Waals surface area contributed by atoms with Gasteiger partial charge in [-0.05, 0) is 6.42 Å². The van der Waals surface area contributed by atoms with Crippen molar-refractivity contribution in [3.8, 4) is 0 Å². The van der Waals surface area contributed by atoms with E-state index in [-0.39, 0.29) is 12.2 Å². The number of nitrogens with zero attached hydrogens (tertiary/aromatic N) is 1. The Hall–Kier alpha value is -1.53. The second kappa shape index (κ2) is 3.92. The van der Waals surface area contributed by atoms with Gasteiger partial charge in [-0.3, -0.25) is 0 Å². The molecule has 0 aliphatic carbocycles. The number of aromatic nitrogens is 1. The van der Waals surface area contributed by atoms with Crippen LogP contribution in [0.15, 0.2) is 4.52 Å². The molecule has 1 heterocycles. The molecule has 1 aromatic heterocycles. The van der Waals surface area contributed by atoms with Crippen molar-refractivity contribution in [3.63, 3.8) is 0 Å². The van der Waals surface area contributed by atoms with Crippen molar-refractivity contribution in [2.75, 3.05) is 0 Å². The summed E-state index contributed by atoms with van der Waals surface area (Å²) in [5.74, 6) is -1.91. The summed E-state index contributed by atoms with van der Waals surface area (Å²) in [4.78, 5) is 10.6. The van der Waals surface area contributed by atoms with Crippen LogP contribution in [0, 0.1) is 0 Å². The Morgan fingerprint density at radius 1 is 1.53 bits per heavy atom. The molecule has 0 unspecified atom stereocenters. The molecule has 0 spiro atoms. The van der Waals surface area contributed by atoms with Gasteiger partial charge >= 0.3 is 12.1 Å². The maximum absolute atomic E-state index is 12.3. The fraction of sp³-hybridized carbons (Fsp3) is 0.500. The Morgan fingerprint density at radius 2 is 2.13 bits per heavy atom. The van der Waals surface area contributed by atoms with E-state index in [1.165, 1.54) is 0 Å². The van der Waals surface area contributed by atoms with E-state index in [0.29, 0.717) is 6.42 Å². The first-order chi connectivity index (χ1) is 6.88. The van der Waals surface area contributed by atoms with Gasteiger partial charge in [0.25, 0.3) is 0 Å². The zero-order valence-corrected chi connectivity index (χ0v) is 7.76. The first kappa shape index (κ1) is 11.5. The molecule has 84 valence electrons. The van der Waals surface area contributed by atoms with Crippen LogP contribution in [0.4, 0.5) is 13.2 Å². The van der Waals surface area contributed by atoms with Crippen molar-refractivity contribution < 1.29 is 27.6 Å². The third kappa shape index (κ3) is 2.28. The molecule has 0 aliphatic heterocycles. The van der Waals surface area contributed by atoms with Crippen molar-refractivity contribution in [1.29, 1.82) is 0 Å². The van der Waals surface area contributed by atoms with E-state index >= 15 is 0 Å². The molecule has 1 N–H and O–H groups in total. The first-order valence-electron chi connectivity index (χ1n) is 4.17. The number of rotatable bonds is 3. The van der Waals surface area contributed by atoms with E-state index in [4.69, 9.17) is 5.11 Å². The van der Waals surface area contributed by atoms with Gasteiger partial charge in [-0.15, -0.1) is 0 Å². The van der Waals surface area contributed by atoms with Crippen LogP contribution in [-0.4, -0.2) is 16.2 Å². The third-order valence-electron chi connectivity index (χ3n) is 1.72. The van der Waals surface area contributed by atoms with Crippen molar-refractivity contribution >= 4 is 5.97 Å². The van der Waals surface area contributed by atoms with Gasteiger partial charge < -0.3 is 9.63 Å². The van der Waals surface area contributed by atoms with Gasteiger partial charge in [0, 0.05) is 6.42 Å². The minimum absolute atomic E-state index is 0.116. The quantitative estimate of drug-likeness (QED) is 0.854. The Bertz CT molecular complexity index is 370. The van der Waals surface area contributed by atoms with Crippen LogP contribution in [0.2, 0.25) is 0 Å². The summed E-state index contributed by atoms with van der Waals surface area (Å²) in [6, 6.07) is 0. The Morgan fingerprint density at radius 3 is 2.53 bits per heavy atom. The van der Waals surface area contributed by atoms with Crippen molar-refractivity contribution in [1.82, 2.24) is 5.16 Å². The fourth-order valence-electron chi connectivity index (χ4n) is 1.14. The average molecular weight is 223 g/mol. The molecule has 0 fully saturated rings. The van der Waals surface area contributed by atoms with E-state index in [2.05, 4.69) is 9.68 Å². The highest BCUT2D eigenvalue weighted by atomic mass is 19.4. The number of aromatic carboxylic acids is 1. The molecule has 0 saturated carbocycles. The number of hydrogen-bond donors (Lipinski definition) is 1. The maximum Gasteiger partial charge on any atom is 0.437 e. The lowest BCUT2D eigenvalue weighted by molar-refractivity contribution is -0.143. The number of alkyl halides is 3. The molecule has 0 saturated heterocycles. The standard InChI is InChI=1S/C8H8F3NO3/c1-2-3-4-5(7(13)14)6(12-15-4)8(9,10)11/h2-3H2,1H3,(H,13,14). The Labute approximate surface area is 82.7 Å². The summed E-state index contributed by atoms with van der Waals surface area (Å²) in [5, 5.41) is 11.4. The molecule has 1 rings (SSSR count). The summed E-state index contributed by atoms with van der Waals surface area (Å²) >= 11 is 0. The minimum Gasteiger partial charge on any atom is -0.477 e. The van der Waals surface area contributed by atoms with E-state index in [1.54, 1.807) is 6.92 Å². The topological polar surface area (TPSA) is 63.3 Å². The summed E-state index contributed by atoms with van der Waals surface area (Å²) in [7, 11) is 0. The van der Waals surface area contributed by atoms with Gasteiger partial charge in [0.05, 0.1) is 0 Å². The van der Waals surface area contributed by atoms with Crippen molar-refractivity contribution in [3.05, 3.63) is 17.0 Å². The van der Waals surface area contributed by atoms with Gasteiger partial charge in [-0.2, -0.15) is 13.2 Å². The van der Waals surface area contributed by atoms with Crippen LogP contribution in [0.25, 0.3) is 0 Å². The predicted octanol–water partition coefficient (Wildman–Crippen LogP) is 2.34. The fourth-order valence-corrected chi connectivity index (χ4v) is 1.14. The first-order valence-corrected chi connectivity index (χ1v) is 4.17. The molecular formula is C8H8F3NO3. The molecule has 7 heteroatoms. The summed E-state index contributed by atoms with van der Waals surface area (Å²) < 4.78 is 41.2. The monoisotopic (exact) mass is 223 g/mol. The minimum atomic E-state index is -4.80. The molecule has 15 heavy (non-hydrogen) atoms. The van der Waals surface area contributed by atoms with Crippen LogP contribution in [0.3, 0.4) is 0 Å². The Balaban J connectivity index is 3.24. The summed E-state index contributed by atoms with van der Waals surface area (Å²) in [5.41, 5.74) is -2.36. The zero-order valence-electron chi connectivity index (χ0n) is 7.76. The van der Waals surface area contributed by atoms with Crippen LogP contribution < -0.4 is 0 Å². The molecular weight excluding hydrogens is 215 g/mol. The zero-order chi connectivity index (χ0) is 11.6. The predicted molar refractivity (Wildman–Crippen MR) is 42.5 cm³/mol. The number of carboxylic acids is 1. The maximum atomic E-state index is 12.3. The van der Waals surface area contributed by atoms with Crippen LogP contribution in [0.1, 0.15) is 35.2 Å². The largest absolute Gasteiger partial charge is 0.477 e. The molecule has 0 radical (unpaired) electrons. The van der Waals surface area contributed by atoms with Crippen molar-refractivity contribution in [2.24, 2.45) is 0 Å². The molecule has 4 nitrogen and oxygen atoms in total. The summed E-state index contributed by atoms with van der Waals surface area (Å²) in [6.07, 6.45) is -4.21. The second-order valence-corrected chi connectivity index (χ2v) is 2.88. The molecule has 0 amide bonds. The lowest BCUT2D eigenvalue weighted by Gasteiger charge is -2.02. The third-order valence-corrected chi connectivity index (χ3v) is 1.72.